The van der Waals surface area contributed by atoms with E-state index in [4.69, 9.17) is 4.98 Å². The van der Waals surface area contributed by atoms with Crippen molar-refractivity contribution in [3.05, 3.63) is 23.8 Å². The van der Waals surface area contributed by atoms with Gasteiger partial charge in [0, 0.05) is 26.2 Å². The Morgan fingerprint density at radius 2 is 1.96 bits per heavy atom. The molecule has 1 aliphatic rings. The van der Waals surface area contributed by atoms with Crippen LogP contribution >= 0.6 is 11.3 Å². The fraction of sp³-hybridized carbons (Fsp3) is 0.588. The second kappa shape index (κ2) is 6.61. The molecule has 2 heterocycles. The van der Waals surface area contributed by atoms with Gasteiger partial charge in [-0.15, -0.1) is 0 Å². The minimum absolute atomic E-state index is 0.0943. The number of hydrogen-bond donors (Lipinski definition) is 0. The number of nitrogens with zero attached hydrogens (tertiary/aromatic N) is 3. The molecule has 0 N–H and O–H groups in total. The predicted molar refractivity (Wildman–Crippen MR) is 102 cm³/mol. The highest BCUT2D eigenvalue weighted by Crippen LogP contribution is 2.34. The summed E-state index contributed by atoms with van der Waals surface area (Å²) < 4.78 is 26.1. The minimum Gasteiger partial charge on any atom is -0.348 e. The quantitative estimate of drug-likeness (QED) is 0.832. The molecular weight excluding hydrogens is 342 g/mol. The molecule has 24 heavy (non-hydrogen) atoms. The Morgan fingerprint density at radius 1 is 1.29 bits per heavy atom. The predicted octanol–water partition coefficient (Wildman–Crippen LogP) is 3.28. The van der Waals surface area contributed by atoms with Gasteiger partial charge in [-0.05, 0) is 30.4 Å². The summed E-state index contributed by atoms with van der Waals surface area (Å²) in [6.45, 7) is 6.09. The van der Waals surface area contributed by atoms with Crippen molar-refractivity contribution in [1.29, 1.82) is 0 Å². The smallest absolute Gasteiger partial charge is 0.211 e. The standard InChI is InChI=1S/C17H25N3O2S2/c1-12(2)14-6-5-7-15-16(14)18-17(23-15)20-10-8-13(9-11-20)19(3)24(4,21)22/h5-7,12-13H,8-11H2,1-4H3. The highest BCUT2D eigenvalue weighted by Gasteiger charge is 2.28. The Kier molecular flexibility index (Phi) is 4.86. The van der Waals surface area contributed by atoms with Gasteiger partial charge in [0.25, 0.3) is 0 Å². The van der Waals surface area contributed by atoms with E-state index in [9.17, 15) is 8.42 Å². The van der Waals surface area contributed by atoms with Crippen molar-refractivity contribution in [2.24, 2.45) is 0 Å². The Hall–Kier alpha value is -1.18. The molecule has 7 heteroatoms. The van der Waals surface area contributed by atoms with E-state index in [1.54, 1.807) is 18.4 Å². The zero-order valence-corrected chi connectivity index (χ0v) is 16.3. The van der Waals surface area contributed by atoms with Gasteiger partial charge in [-0.2, -0.15) is 0 Å². The van der Waals surface area contributed by atoms with Crippen LogP contribution in [0.15, 0.2) is 18.2 Å². The molecule has 0 unspecified atom stereocenters. The van der Waals surface area contributed by atoms with Gasteiger partial charge >= 0.3 is 0 Å². The van der Waals surface area contributed by atoms with E-state index in [1.807, 2.05) is 0 Å². The number of rotatable bonds is 4. The van der Waals surface area contributed by atoms with E-state index in [0.29, 0.717) is 5.92 Å². The van der Waals surface area contributed by atoms with Crippen LogP contribution in [0.25, 0.3) is 10.2 Å². The molecule has 0 radical (unpaired) electrons. The van der Waals surface area contributed by atoms with E-state index in [-0.39, 0.29) is 6.04 Å². The number of sulfonamides is 1. The van der Waals surface area contributed by atoms with Crippen molar-refractivity contribution in [1.82, 2.24) is 9.29 Å². The first-order chi connectivity index (χ1) is 11.3. The average molecular weight is 368 g/mol. The molecule has 0 saturated carbocycles. The number of piperidine rings is 1. The number of anilines is 1. The van der Waals surface area contributed by atoms with Crippen molar-refractivity contribution in [2.45, 2.75) is 38.6 Å². The van der Waals surface area contributed by atoms with E-state index in [1.165, 1.54) is 20.8 Å². The third-order valence-electron chi connectivity index (χ3n) is 4.83. The summed E-state index contributed by atoms with van der Waals surface area (Å²) in [5.41, 5.74) is 2.41. The fourth-order valence-corrected chi connectivity index (χ4v) is 5.06. The molecule has 1 aliphatic heterocycles. The first-order valence-electron chi connectivity index (χ1n) is 8.34. The second-order valence-electron chi connectivity index (χ2n) is 6.84. The first kappa shape index (κ1) is 17.6. The molecule has 0 bridgehead atoms. The molecule has 0 atom stereocenters. The molecule has 0 spiro atoms. The lowest BCUT2D eigenvalue weighted by molar-refractivity contribution is 0.314. The summed E-state index contributed by atoms with van der Waals surface area (Å²) in [6.07, 6.45) is 2.97. The van der Waals surface area contributed by atoms with Crippen LogP contribution in [0.4, 0.5) is 5.13 Å². The largest absolute Gasteiger partial charge is 0.348 e. The topological polar surface area (TPSA) is 53.5 Å². The van der Waals surface area contributed by atoms with Crippen molar-refractivity contribution >= 4 is 36.7 Å². The lowest BCUT2D eigenvalue weighted by atomic mass is 10.0. The zero-order chi connectivity index (χ0) is 17.5. The van der Waals surface area contributed by atoms with Crippen molar-refractivity contribution in [2.75, 3.05) is 31.3 Å². The maximum Gasteiger partial charge on any atom is 0.211 e. The number of para-hydroxylation sites is 1. The Morgan fingerprint density at radius 3 is 2.54 bits per heavy atom. The summed E-state index contributed by atoms with van der Waals surface area (Å²) in [4.78, 5) is 7.18. The highest BCUT2D eigenvalue weighted by atomic mass is 32.2. The maximum atomic E-state index is 11.7. The van der Waals surface area contributed by atoms with Crippen molar-refractivity contribution in [3.63, 3.8) is 0 Å². The molecule has 3 rings (SSSR count). The molecule has 5 nitrogen and oxygen atoms in total. The third-order valence-corrected chi connectivity index (χ3v) is 7.26. The van der Waals surface area contributed by atoms with Crippen LogP contribution in [0.3, 0.4) is 0 Å². The Bertz CT molecular complexity index is 821. The van der Waals surface area contributed by atoms with Crippen LogP contribution < -0.4 is 4.90 Å². The maximum absolute atomic E-state index is 11.7. The van der Waals surface area contributed by atoms with Crippen molar-refractivity contribution < 1.29 is 8.42 Å². The normalized spacial score (nSPS) is 17.3. The molecule has 1 saturated heterocycles. The Labute approximate surface area is 148 Å². The van der Waals surface area contributed by atoms with Gasteiger partial charge in [-0.1, -0.05) is 37.3 Å². The van der Waals surface area contributed by atoms with Crippen LogP contribution in [0.2, 0.25) is 0 Å². The summed E-state index contributed by atoms with van der Waals surface area (Å²) in [7, 11) is -1.44. The number of benzene rings is 1. The van der Waals surface area contributed by atoms with E-state index >= 15 is 0 Å². The third kappa shape index (κ3) is 3.43. The summed E-state index contributed by atoms with van der Waals surface area (Å²) in [5, 5.41) is 1.05. The van der Waals surface area contributed by atoms with E-state index < -0.39 is 10.0 Å². The minimum atomic E-state index is -3.12. The number of fused-ring (bicyclic) bond motifs is 1. The lowest BCUT2D eigenvalue weighted by Gasteiger charge is -2.35. The SMILES string of the molecule is CC(C)c1cccc2sc(N3CCC(N(C)S(C)(=O)=O)CC3)nc12. The van der Waals surface area contributed by atoms with E-state index in [0.717, 1.165) is 36.6 Å². The zero-order valence-electron chi connectivity index (χ0n) is 14.7. The molecular formula is C17H25N3O2S2. The lowest BCUT2D eigenvalue weighted by Crippen LogP contribution is -2.45. The van der Waals surface area contributed by atoms with Gasteiger partial charge in [0.15, 0.2) is 5.13 Å². The second-order valence-corrected chi connectivity index (χ2v) is 9.89. The van der Waals surface area contributed by atoms with Gasteiger partial charge in [0.2, 0.25) is 10.0 Å². The molecule has 2 aromatic rings. The molecule has 0 amide bonds. The van der Waals surface area contributed by atoms with Crippen LogP contribution in [0.5, 0.6) is 0 Å². The van der Waals surface area contributed by atoms with Crippen LogP contribution in [-0.2, 0) is 10.0 Å². The van der Waals surface area contributed by atoms with E-state index in [2.05, 4.69) is 36.9 Å². The number of aromatic nitrogens is 1. The molecule has 0 aliphatic carbocycles. The average Bonchev–Trinajstić information content (AvgIpc) is 2.97. The molecule has 132 valence electrons. The van der Waals surface area contributed by atoms with Gasteiger partial charge in [-0.3, -0.25) is 0 Å². The fourth-order valence-electron chi connectivity index (χ4n) is 3.25. The summed E-state index contributed by atoms with van der Waals surface area (Å²) in [5.74, 6) is 0.456. The number of hydrogen-bond acceptors (Lipinski definition) is 5. The number of thiazole rings is 1. The summed E-state index contributed by atoms with van der Waals surface area (Å²) in [6, 6.07) is 6.49. The first-order valence-corrected chi connectivity index (χ1v) is 11.0. The van der Waals surface area contributed by atoms with Crippen LogP contribution in [-0.4, -0.2) is 50.1 Å². The van der Waals surface area contributed by atoms with Gasteiger partial charge < -0.3 is 4.90 Å². The van der Waals surface area contributed by atoms with Crippen LogP contribution in [0.1, 0.15) is 38.2 Å². The van der Waals surface area contributed by atoms with Gasteiger partial charge in [-0.25, -0.2) is 17.7 Å². The molecule has 1 aromatic heterocycles. The molecule has 1 fully saturated rings. The highest BCUT2D eigenvalue weighted by molar-refractivity contribution is 7.88. The molecule has 1 aromatic carbocycles. The van der Waals surface area contributed by atoms with Crippen molar-refractivity contribution in [3.8, 4) is 0 Å². The van der Waals surface area contributed by atoms with Gasteiger partial charge in [0.1, 0.15) is 0 Å². The summed E-state index contributed by atoms with van der Waals surface area (Å²) >= 11 is 1.73. The van der Waals surface area contributed by atoms with Gasteiger partial charge in [0.05, 0.1) is 16.5 Å². The monoisotopic (exact) mass is 367 g/mol. The van der Waals surface area contributed by atoms with Crippen LogP contribution in [0, 0.1) is 0 Å². The Balaban J connectivity index is 1.78.